The largest absolute Gasteiger partial charge is 0.480 e. The summed E-state index contributed by atoms with van der Waals surface area (Å²) in [6.45, 7) is 2.68. The van der Waals surface area contributed by atoms with Crippen molar-refractivity contribution in [2.24, 2.45) is 17.2 Å². The first-order chi connectivity index (χ1) is 19.0. The fourth-order valence-corrected chi connectivity index (χ4v) is 2.84. The van der Waals surface area contributed by atoms with Gasteiger partial charge in [-0.05, 0) is 86.4 Å². The number of carboxylic acid groups (broad SMARTS) is 2. The van der Waals surface area contributed by atoms with Gasteiger partial charge in [0.05, 0.1) is 5.56 Å². The SMILES string of the molecule is CC(=O)Nc1ccc(C=O)cc1.NCCC[C@H](N)C(=O)O.NCCc1ccccc1.O=C(O)c1ccc(Cl)cc1. The maximum Gasteiger partial charge on any atom is 0.335 e. The van der Waals surface area contributed by atoms with Crippen molar-refractivity contribution >= 4 is 41.4 Å². The molecule has 0 aliphatic rings. The Kier molecular flexibility index (Phi) is 19.6. The Labute approximate surface area is 239 Å². The molecule has 0 fully saturated rings. The average Bonchev–Trinajstić information content (AvgIpc) is 2.94. The van der Waals surface area contributed by atoms with Crippen molar-refractivity contribution in [1.29, 1.82) is 0 Å². The van der Waals surface area contributed by atoms with E-state index in [-0.39, 0.29) is 11.5 Å². The molecule has 0 heterocycles. The number of carbonyl (C=O) groups excluding carboxylic acids is 2. The number of carbonyl (C=O) groups is 4. The van der Waals surface area contributed by atoms with Crippen LogP contribution < -0.4 is 22.5 Å². The monoisotopic (exact) mass is 572 g/mol. The van der Waals surface area contributed by atoms with Crippen LogP contribution in [0.15, 0.2) is 78.9 Å². The van der Waals surface area contributed by atoms with Crippen LogP contribution in [0.3, 0.4) is 0 Å². The number of carboxylic acids is 2. The molecule has 0 radical (unpaired) electrons. The van der Waals surface area contributed by atoms with Crippen molar-refractivity contribution in [2.45, 2.75) is 32.2 Å². The van der Waals surface area contributed by atoms with Gasteiger partial charge in [0.25, 0.3) is 0 Å². The molecule has 0 aliphatic heterocycles. The van der Waals surface area contributed by atoms with Crippen molar-refractivity contribution in [2.75, 3.05) is 18.4 Å². The van der Waals surface area contributed by atoms with Crippen LogP contribution in [0.25, 0.3) is 0 Å². The number of hydrogen-bond acceptors (Lipinski definition) is 7. The van der Waals surface area contributed by atoms with Gasteiger partial charge in [-0.25, -0.2) is 4.79 Å². The highest BCUT2D eigenvalue weighted by atomic mass is 35.5. The van der Waals surface area contributed by atoms with Gasteiger partial charge in [0.1, 0.15) is 12.3 Å². The molecular weight excluding hydrogens is 536 g/mol. The summed E-state index contributed by atoms with van der Waals surface area (Å²) in [7, 11) is 0. The number of rotatable bonds is 9. The Morgan fingerprint density at radius 3 is 1.90 bits per heavy atom. The third kappa shape index (κ3) is 18.2. The Hall–Kier alpha value is -4.09. The molecular formula is C29H37ClN4O6. The normalized spacial score (nSPS) is 10.1. The molecule has 9 N–H and O–H groups in total. The van der Waals surface area contributed by atoms with Gasteiger partial charge in [0, 0.05) is 23.2 Å². The Morgan fingerprint density at radius 1 is 0.900 bits per heavy atom. The first-order valence-electron chi connectivity index (χ1n) is 12.3. The van der Waals surface area contributed by atoms with Crippen molar-refractivity contribution in [3.8, 4) is 0 Å². The minimum absolute atomic E-state index is 0.117. The summed E-state index contributed by atoms with van der Waals surface area (Å²) < 4.78 is 0. The van der Waals surface area contributed by atoms with Crippen LogP contribution in [0.1, 0.15) is 46.0 Å². The fourth-order valence-electron chi connectivity index (χ4n) is 2.71. The quantitative estimate of drug-likeness (QED) is 0.206. The lowest BCUT2D eigenvalue weighted by atomic mass is 10.2. The van der Waals surface area contributed by atoms with Crippen LogP contribution in [0, 0.1) is 0 Å². The van der Waals surface area contributed by atoms with E-state index < -0.39 is 18.0 Å². The van der Waals surface area contributed by atoms with Gasteiger partial charge in [-0.3, -0.25) is 14.4 Å². The van der Waals surface area contributed by atoms with E-state index in [0.29, 0.717) is 35.7 Å². The number of aldehydes is 1. The second-order valence-corrected chi connectivity index (χ2v) is 8.57. The van der Waals surface area contributed by atoms with Gasteiger partial charge in [-0.1, -0.05) is 41.9 Å². The summed E-state index contributed by atoms with van der Waals surface area (Å²) in [5.41, 5.74) is 18.5. The predicted octanol–water partition coefficient (Wildman–Crippen LogP) is 3.82. The van der Waals surface area contributed by atoms with Gasteiger partial charge in [0.15, 0.2) is 0 Å². The van der Waals surface area contributed by atoms with Crippen molar-refractivity contribution in [3.63, 3.8) is 0 Å². The number of aromatic carboxylic acids is 1. The maximum atomic E-state index is 10.6. The third-order valence-electron chi connectivity index (χ3n) is 4.77. The Balaban J connectivity index is 0.000000511. The molecule has 0 spiro atoms. The van der Waals surface area contributed by atoms with Crippen molar-refractivity contribution in [1.82, 2.24) is 0 Å². The van der Waals surface area contributed by atoms with Crippen LogP contribution in [-0.2, 0) is 16.0 Å². The van der Waals surface area contributed by atoms with Gasteiger partial charge in [-0.2, -0.15) is 0 Å². The number of hydrogen-bond donors (Lipinski definition) is 6. The molecule has 1 atom stereocenters. The lowest BCUT2D eigenvalue weighted by molar-refractivity contribution is -0.138. The van der Waals surface area contributed by atoms with Gasteiger partial charge >= 0.3 is 11.9 Å². The summed E-state index contributed by atoms with van der Waals surface area (Å²) in [5.74, 6) is -2.01. The second-order valence-electron chi connectivity index (χ2n) is 8.13. The standard InChI is InChI=1S/C9H9NO2.C8H11N.C7H5ClO2.C5H12N2O2/c1-7(12)10-9-4-2-8(6-11)3-5-9;9-7-6-8-4-2-1-3-5-8;8-6-3-1-5(2-4-6)7(9)10;6-3-1-2-4(7)5(8)9/h2-6H,1H3,(H,10,12);1-5H,6-7,9H2;1-4H,(H,9,10);4H,1-3,6-7H2,(H,8,9)/t;;;4-/m...0/s1. The molecule has 1 amide bonds. The average molecular weight is 573 g/mol. The first-order valence-corrected chi connectivity index (χ1v) is 12.7. The number of aliphatic carboxylic acids is 1. The summed E-state index contributed by atoms with van der Waals surface area (Å²) in [6.07, 6.45) is 2.89. The molecule has 0 unspecified atom stereocenters. The van der Waals surface area contributed by atoms with E-state index in [1.54, 1.807) is 36.4 Å². The van der Waals surface area contributed by atoms with E-state index >= 15 is 0 Å². The summed E-state index contributed by atoms with van der Waals surface area (Å²) >= 11 is 5.52. The topological polar surface area (TPSA) is 199 Å². The smallest absolute Gasteiger partial charge is 0.335 e. The van der Waals surface area contributed by atoms with Crippen LogP contribution in [0.2, 0.25) is 5.02 Å². The molecule has 3 aromatic carbocycles. The number of halogens is 1. The van der Waals surface area contributed by atoms with E-state index in [0.717, 1.165) is 19.3 Å². The molecule has 3 rings (SSSR count). The van der Waals surface area contributed by atoms with Gasteiger partial charge < -0.3 is 32.7 Å². The number of nitrogens with two attached hydrogens (primary N) is 3. The highest BCUT2D eigenvalue weighted by molar-refractivity contribution is 6.30. The minimum atomic E-state index is -0.955. The summed E-state index contributed by atoms with van der Waals surface area (Å²) in [4.78, 5) is 41.1. The van der Waals surface area contributed by atoms with Crippen LogP contribution in [0.4, 0.5) is 5.69 Å². The second kappa shape index (κ2) is 21.8. The molecule has 216 valence electrons. The van der Waals surface area contributed by atoms with Crippen LogP contribution in [-0.4, -0.2) is 53.5 Å². The molecule has 3 aromatic rings. The third-order valence-corrected chi connectivity index (χ3v) is 5.02. The van der Waals surface area contributed by atoms with E-state index in [1.165, 1.54) is 24.6 Å². The first kappa shape index (κ1) is 35.9. The zero-order valence-corrected chi connectivity index (χ0v) is 23.1. The predicted molar refractivity (Wildman–Crippen MR) is 158 cm³/mol. The lowest BCUT2D eigenvalue weighted by Crippen LogP contribution is -2.30. The fraction of sp³-hybridized carbons (Fsp3) is 0.241. The Bertz CT molecular complexity index is 1140. The molecule has 0 saturated heterocycles. The molecule has 10 nitrogen and oxygen atoms in total. The zero-order valence-electron chi connectivity index (χ0n) is 22.3. The lowest BCUT2D eigenvalue weighted by Gasteiger charge is -2.02. The van der Waals surface area contributed by atoms with Crippen LogP contribution in [0.5, 0.6) is 0 Å². The van der Waals surface area contributed by atoms with Crippen molar-refractivity contribution < 1.29 is 29.4 Å². The minimum Gasteiger partial charge on any atom is -0.480 e. The van der Waals surface area contributed by atoms with Gasteiger partial charge in [-0.15, -0.1) is 0 Å². The van der Waals surface area contributed by atoms with E-state index in [9.17, 15) is 19.2 Å². The maximum absolute atomic E-state index is 10.6. The number of amides is 1. The zero-order chi connectivity index (χ0) is 30.3. The van der Waals surface area contributed by atoms with Crippen molar-refractivity contribution in [3.05, 3.63) is 101 Å². The molecule has 11 heteroatoms. The van der Waals surface area contributed by atoms with Gasteiger partial charge in [0.2, 0.25) is 5.91 Å². The van der Waals surface area contributed by atoms with E-state index in [2.05, 4.69) is 17.4 Å². The molecule has 0 saturated carbocycles. The highest BCUT2D eigenvalue weighted by Crippen LogP contribution is 2.09. The molecule has 40 heavy (non-hydrogen) atoms. The van der Waals surface area contributed by atoms with Crippen LogP contribution >= 0.6 is 11.6 Å². The number of benzene rings is 3. The molecule has 0 aliphatic carbocycles. The van der Waals surface area contributed by atoms with E-state index in [4.69, 9.17) is 39.0 Å². The van der Waals surface area contributed by atoms with E-state index in [1.807, 2.05) is 18.2 Å². The number of anilines is 1. The Morgan fingerprint density at radius 2 is 1.48 bits per heavy atom. The summed E-state index contributed by atoms with van der Waals surface area (Å²) in [6, 6.07) is 22.2. The molecule has 0 bridgehead atoms. The molecule has 0 aromatic heterocycles. The number of nitrogens with one attached hydrogen (secondary N) is 1. The summed E-state index contributed by atoms with van der Waals surface area (Å²) in [5, 5.41) is 19.8. The highest BCUT2D eigenvalue weighted by Gasteiger charge is 2.08.